The molecule has 2 saturated heterocycles. The lowest BCUT2D eigenvalue weighted by Gasteiger charge is -2.44. The van der Waals surface area contributed by atoms with Crippen molar-refractivity contribution in [2.45, 2.75) is 19.4 Å². The minimum atomic E-state index is -0.295. The van der Waals surface area contributed by atoms with Gasteiger partial charge in [-0.3, -0.25) is 18.8 Å². The molecule has 2 aromatic rings. The molecular weight excluding hydrogens is 336 g/mol. The maximum absolute atomic E-state index is 12.7. The quantitative estimate of drug-likeness (QED) is 0.796. The van der Waals surface area contributed by atoms with Crippen molar-refractivity contribution in [3.63, 3.8) is 0 Å². The largest absolute Gasteiger partial charge is 0.359 e. The molecule has 26 heavy (non-hydrogen) atoms. The Hall–Kier alpha value is -2.97. The van der Waals surface area contributed by atoms with E-state index in [0.717, 1.165) is 5.82 Å². The molecule has 3 amide bonds. The van der Waals surface area contributed by atoms with Crippen LogP contribution in [0.25, 0.3) is 5.65 Å². The first-order valence-electron chi connectivity index (χ1n) is 8.59. The number of carbonyl (C=O) groups excluding carboxylic acids is 3. The van der Waals surface area contributed by atoms with Crippen LogP contribution in [0.3, 0.4) is 0 Å². The summed E-state index contributed by atoms with van der Waals surface area (Å²) in [7, 11) is 1.58. The number of hydrogen-bond donors (Lipinski definition) is 1. The molecular formula is C17H20N6O3. The number of amides is 3. The molecule has 0 saturated carbocycles. The van der Waals surface area contributed by atoms with Crippen molar-refractivity contribution in [3.05, 3.63) is 29.7 Å². The number of rotatable bonds is 3. The summed E-state index contributed by atoms with van der Waals surface area (Å²) in [6.07, 6.45) is 1.98. The molecule has 9 nitrogen and oxygen atoms in total. The van der Waals surface area contributed by atoms with Crippen molar-refractivity contribution >= 4 is 23.4 Å². The van der Waals surface area contributed by atoms with Gasteiger partial charge in [-0.05, 0) is 19.1 Å². The molecule has 0 spiro atoms. The molecule has 2 aliphatic heterocycles. The van der Waals surface area contributed by atoms with E-state index in [-0.39, 0.29) is 36.1 Å². The van der Waals surface area contributed by atoms with Crippen molar-refractivity contribution in [3.8, 4) is 0 Å². The van der Waals surface area contributed by atoms with Gasteiger partial charge in [-0.25, -0.2) is 0 Å². The zero-order valence-corrected chi connectivity index (χ0v) is 14.7. The third-order valence-corrected chi connectivity index (χ3v) is 5.19. The van der Waals surface area contributed by atoms with Crippen LogP contribution in [0.1, 0.15) is 22.6 Å². The normalized spacial score (nSPS) is 20.5. The second-order valence-corrected chi connectivity index (χ2v) is 6.82. The van der Waals surface area contributed by atoms with E-state index in [1.54, 1.807) is 39.6 Å². The number of hydrogen-bond acceptors (Lipinski definition) is 5. The smallest absolute Gasteiger partial charge is 0.255 e. The molecule has 4 rings (SSSR count). The van der Waals surface area contributed by atoms with Crippen LogP contribution < -0.4 is 5.32 Å². The maximum Gasteiger partial charge on any atom is 0.255 e. The average Bonchev–Trinajstić information content (AvgIpc) is 3.16. The highest BCUT2D eigenvalue weighted by atomic mass is 16.2. The van der Waals surface area contributed by atoms with Gasteiger partial charge in [-0.2, -0.15) is 0 Å². The first kappa shape index (κ1) is 16.5. The van der Waals surface area contributed by atoms with Crippen molar-refractivity contribution in [2.24, 2.45) is 5.92 Å². The topological polar surface area (TPSA) is 99.9 Å². The van der Waals surface area contributed by atoms with Gasteiger partial charge >= 0.3 is 0 Å². The third kappa shape index (κ3) is 2.59. The van der Waals surface area contributed by atoms with Gasteiger partial charge in [0, 0.05) is 39.3 Å². The van der Waals surface area contributed by atoms with Gasteiger partial charge in [0.1, 0.15) is 5.82 Å². The van der Waals surface area contributed by atoms with Crippen molar-refractivity contribution in [1.82, 2.24) is 29.7 Å². The molecule has 9 heteroatoms. The van der Waals surface area contributed by atoms with E-state index >= 15 is 0 Å². The summed E-state index contributed by atoms with van der Waals surface area (Å²) < 4.78 is 1.78. The maximum atomic E-state index is 12.7. The van der Waals surface area contributed by atoms with Crippen LogP contribution in [0, 0.1) is 12.8 Å². The van der Waals surface area contributed by atoms with Gasteiger partial charge in [0.25, 0.3) is 5.91 Å². The molecule has 0 aromatic carbocycles. The summed E-state index contributed by atoms with van der Waals surface area (Å²) >= 11 is 0. The minimum absolute atomic E-state index is 0.0125. The van der Waals surface area contributed by atoms with Crippen LogP contribution in [0.5, 0.6) is 0 Å². The fourth-order valence-electron chi connectivity index (χ4n) is 3.60. The average molecular weight is 356 g/mol. The predicted octanol–water partition coefficient (Wildman–Crippen LogP) is -0.543. The van der Waals surface area contributed by atoms with Crippen molar-refractivity contribution in [2.75, 3.05) is 26.7 Å². The Labute approximate surface area is 150 Å². The Morgan fingerprint density at radius 1 is 1.19 bits per heavy atom. The summed E-state index contributed by atoms with van der Waals surface area (Å²) in [6, 6.07) is 3.49. The monoisotopic (exact) mass is 356 g/mol. The van der Waals surface area contributed by atoms with Gasteiger partial charge in [-0.1, -0.05) is 0 Å². The lowest BCUT2D eigenvalue weighted by molar-refractivity contribution is -0.132. The zero-order chi connectivity index (χ0) is 18.4. The molecule has 4 heterocycles. The van der Waals surface area contributed by atoms with E-state index in [0.29, 0.717) is 30.8 Å². The van der Waals surface area contributed by atoms with E-state index in [9.17, 15) is 14.4 Å². The number of likely N-dealkylation sites (tertiary alicyclic amines) is 2. The van der Waals surface area contributed by atoms with E-state index in [2.05, 4.69) is 15.5 Å². The number of fused-ring (bicyclic) bond motifs is 1. The Morgan fingerprint density at radius 2 is 1.96 bits per heavy atom. The van der Waals surface area contributed by atoms with Crippen molar-refractivity contribution in [1.29, 1.82) is 0 Å². The Morgan fingerprint density at radius 3 is 2.69 bits per heavy atom. The standard InChI is InChI=1S/C17H20N6O3/c1-10-19-20-14-4-3-11(6-22(10)14)17(26)21-8-13(9-21)23-7-12(5-15(23)24)16(25)18-2/h3-4,6,12-13H,5,7-9H2,1-2H3,(H,18,25). The van der Waals surface area contributed by atoms with Crippen LogP contribution in [0.15, 0.2) is 18.3 Å². The SMILES string of the molecule is CNC(=O)C1CC(=O)N(C2CN(C(=O)c3ccc4nnc(C)n4c3)C2)C1. The van der Waals surface area contributed by atoms with E-state index in [4.69, 9.17) is 0 Å². The molecule has 2 fully saturated rings. The lowest BCUT2D eigenvalue weighted by atomic mass is 10.1. The molecule has 1 N–H and O–H groups in total. The minimum Gasteiger partial charge on any atom is -0.359 e. The molecule has 0 aliphatic carbocycles. The first-order valence-corrected chi connectivity index (χ1v) is 8.59. The Balaban J connectivity index is 1.41. The van der Waals surface area contributed by atoms with Crippen LogP contribution in [-0.4, -0.2) is 74.8 Å². The number of pyridine rings is 1. The zero-order valence-electron chi connectivity index (χ0n) is 14.7. The van der Waals surface area contributed by atoms with Crippen molar-refractivity contribution < 1.29 is 14.4 Å². The first-order chi connectivity index (χ1) is 12.5. The van der Waals surface area contributed by atoms with Crippen LogP contribution >= 0.6 is 0 Å². The fraction of sp³-hybridized carbons (Fsp3) is 0.471. The molecule has 2 aliphatic rings. The van der Waals surface area contributed by atoms with Gasteiger partial charge in [0.15, 0.2) is 5.65 Å². The molecule has 1 unspecified atom stereocenters. The Bertz CT molecular complexity index is 901. The van der Waals surface area contributed by atoms with Gasteiger partial charge < -0.3 is 15.1 Å². The van der Waals surface area contributed by atoms with E-state index in [1.807, 2.05) is 6.92 Å². The third-order valence-electron chi connectivity index (χ3n) is 5.19. The van der Waals surface area contributed by atoms with E-state index < -0.39 is 0 Å². The van der Waals surface area contributed by atoms with E-state index in [1.165, 1.54) is 0 Å². The van der Waals surface area contributed by atoms with Crippen LogP contribution in [-0.2, 0) is 9.59 Å². The number of aromatic nitrogens is 3. The highest BCUT2D eigenvalue weighted by Crippen LogP contribution is 2.26. The molecule has 136 valence electrons. The number of nitrogens with zero attached hydrogens (tertiary/aromatic N) is 5. The van der Waals surface area contributed by atoms with Gasteiger partial charge in [0.2, 0.25) is 11.8 Å². The summed E-state index contributed by atoms with van der Waals surface area (Å²) in [4.78, 5) is 40.0. The second-order valence-electron chi connectivity index (χ2n) is 6.82. The highest BCUT2D eigenvalue weighted by Gasteiger charge is 2.43. The number of aryl methyl sites for hydroxylation is 1. The van der Waals surface area contributed by atoms with Crippen LogP contribution in [0.4, 0.5) is 0 Å². The summed E-state index contributed by atoms with van der Waals surface area (Å²) in [5, 5.41) is 10.6. The summed E-state index contributed by atoms with van der Waals surface area (Å²) in [5.74, 6) is 0.226. The molecule has 0 bridgehead atoms. The van der Waals surface area contributed by atoms with Gasteiger partial charge in [-0.15, -0.1) is 10.2 Å². The molecule has 2 aromatic heterocycles. The van der Waals surface area contributed by atoms with Crippen LogP contribution in [0.2, 0.25) is 0 Å². The second kappa shape index (κ2) is 6.08. The molecule has 0 radical (unpaired) electrons. The highest BCUT2D eigenvalue weighted by molar-refractivity contribution is 5.95. The predicted molar refractivity (Wildman–Crippen MR) is 91.3 cm³/mol. The number of carbonyl (C=O) groups is 3. The summed E-state index contributed by atoms with van der Waals surface area (Å²) in [6.45, 7) is 3.24. The lowest BCUT2D eigenvalue weighted by Crippen LogP contribution is -2.61. The van der Waals surface area contributed by atoms with Gasteiger partial charge in [0.05, 0.1) is 17.5 Å². The fourth-order valence-corrected chi connectivity index (χ4v) is 3.60. The molecule has 1 atom stereocenters. The Kier molecular flexibility index (Phi) is 3.86. The summed E-state index contributed by atoms with van der Waals surface area (Å²) in [5.41, 5.74) is 1.26. The number of nitrogens with one attached hydrogen (secondary N) is 1.